The number of hydrogen-bond donors (Lipinski definition) is 0. The summed E-state index contributed by atoms with van der Waals surface area (Å²) in [6, 6.07) is 4.95. The van der Waals surface area contributed by atoms with Crippen molar-refractivity contribution in [1.29, 1.82) is 0 Å². The fraction of sp³-hybridized carbons (Fsp3) is 0.200. The summed E-state index contributed by atoms with van der Waals surface area (Å²) in [7, 11) is 1.88. The van der Waals surface area contributed by atoms with Crippen molar-refractivity contribution in [2.24, 2.45) is 7.05 Å². The van der Waals surface area contributed by atoms with E-state index in [1.807, 2.05) is 19.3 Å². The van der Waals surface area contributed by atoms with E-state index in [1.165, 1.54) is 17.2 Å². The molecule has 0 saturated carbocycles. The number of halogens is 1. The third-order valence-corrected chi connectivity index (χ3v) is 3.96. The molecule has 0 spiro atoms. The smallest absolute Gasteiger partial charge is 0.158 e. The first-order valence-corrected chi connectivity index (χ1v) is 6.25. The van der Waals surface area contributed by atoms with E-state index in [-0.39, 0.29) is 5.82 Å². The van der Waals surface area contributed by atoms with Crippen molar-refractivity contribution in [3.05, 3.63) is 46.9 Å². The monoisotopic (exact) mass is 253 g/mol. The highest BCUT2D eigenvalue weighted by Crippen LogP contribution is 2.39. The Kier molecular flexibility index (Phi) is 1.91. The number of rotatable bonds is 0. The molecule has 1 aromatic carbocycles. The van der Waals surface area contributed by atoms with Gasteiger partial charge in [0, 0.05) is 24.4 Å². The Morgan fingerprint density at radius 1 is 1.32 bits per heavy atom. The van der Waals surface area contributed by atoms with E-state index in [9.17, 15) is 4.39 Å². The Morgan fingerprint density at radius 2 is 2.16 bits per heavy atom. The van der Waals surface area contributed by atoms with Crippen LogP contribution in [-0.4, -0.2) is 14.8 Å². The van der Waals surface area contributed by atoms with E-state index < -0.39 is 0 Å². The summed E-state index contributed by atoms with van der Waals surface area (Å²) in [4.78, 5) is 4.69. The van der Waals surface area contributed by atoms with Crippen molar-refractivity contribution >= 4 is 11.0 Å². The molecule has 0 N–H and O–H groups in total. The van der Waals surface area contributed by atoms with Crippen LogP contribution in [0, 0.1) is 12.7 Å². The molecular weight excluding hydrogens is 241 g/mol. The van der Waals surface area contributed by atoms with Crippen molar-refractivity contribution in [3.63, 3.8) is 0 Å². The molecule has 0 amide bonds. The van der Waals surface area contributed by atoms with Crippen LogP contribution in [-0.2, 0) is 13.5 Å². The van der Waals surface area contributed by atoms with E-state index in [4.69, 9.17) is 4.98 Å². The minimum absolute atomic E-state index is 0.212. The van der Waals surface area contributed by atoms with Crippen LogP contribution < -0.4 is 0 Å². The minimum Gasteiger partial charge on any atom is -0.250 e. The van der Waals surface area contributed by atoms with Gasteiger partial charge in [0.05, 0.1) is 11.9 Å². The summed E-state index contributed by atoms with van der Waals surface area (Å²) in [6.07, 6.45) is 2.68. The minimum atomic E-state index is -0.212. The molecule has 1 aliphatic rings. The van der Waals surface area contributed by atoms with Gasteiger partial charge in [-0.05, 0) is 35.7 Å². The van der Waals surface area contributed by atoms with Gasteiger partial charge in [-0.2, -0.15) is 5.10 Å². The quantitative estimate of drug-likeness (QED) is 0.482. The van der Waals surface area contributed by atoms with Gasteiger partial charge in [-0.3, -0.25) is 4.68 Å². The van der Waals surface area contributed by atoms with E-state index >= 15 is 0 Å². The number of benzene rings is 1. The van der Waals surface area contributed by atoms with Crippen LogP contribution in [0.2, 0.25) is 0 Å². The topological polar surface area (TPSA) is 30.7 Å². The largest absolute Gasteiger partial charge is 0.250 e. The zero-order valence-electron chi connectivity index (χ0n) is 10.7. The maximum atomic E-state index is 13.4. The molecule has 3 aromatic rings. The molecule has 2 heterocycles. The average molecular weight is 253 g/mol. The molecule has 0 aliphatic heterocycles. The van der Waals surface area contributed by atoms with Gasteiger partial charge in [-0.1, -0.05) is 6.07 Å². The Hall–Kier alpha value is -2.23. The summed E-state index contributed by atoms with van der Waals surface area (Å²) in [5, 5.41) is 5.33. The number of aryl methyl sites for hydroxylation is 2. The molecule has 0 radical (unpaired) electrons. The van der Waals surface area contributed by atoms with Crippen molar-refractivity contribution in [2.45, 2.75) is 13.3 Å². The maximum Gasteiger partial charge on any atom is 0.158 e. The lowest BCUT2D eigenvalue weighted by Crippen LogP contribution is -1.96. The molecule has 2 aromatic heterocycles. The molecule has 4 heteroatoms. The normalized spacial score (nSPS) is 12.8. The predicted molar refractivity (Wildman–Crippen MR) is 71.4 cm³/mol. The fourth-order valence-electron chi connectivity index (χ4n) is 2.89. The van der Waals surface area contributed by atoms with Crippen LogP contribution in [0.5, 0.6) is 0 Å². The molecule has 3 nitrogen and oxygen atoms in total. The van der Waals surface area contributed by atoms with Crippen LogP contribution in [0.25, 0.3) is 22.3 Å². The standard InChI is InChI=1S/C15H12FN3/c1-8-11-5-9-3-4-10(16)6-12(9)14(11)18-15-13(8)7-17-19(15)2/h3-4,6-7H,5H2,1-2H3. The summed E-state index contributed by atoms with van der Waals surface area (Å²) in [5.41, 5.74) is 6.22. The van der Waals surface area contributed by atoms with Crippen LogP contribution in [0.1, 0.15) is 16.7 Å². The highest BCUT2D eigenvalue weighted by Gasteiger charge is 2.24. The zero-order chi connectivity index (χ0) is 13.1. The summed E-state index contributed by atoms with van der Waals surface area (Å²) in [5.74, 6) is -0.212. The summed E-state index contributed by atoms with van der Waals surface area (Å²) < 4.78 is 15.2. The number of fused-ring (bicyclic) bond motifs is 4. The second-order valence-electron chi connectivity index (χ2n) is 5.05. The van der Waals surface area contributed by atoms with Gasteiger partial charge in [0.1, 0.15) is 5.82 Å². The Morgan fingerprint density at radius 3 is 3.00 bits per heavy atom. The lowest BCUT2D eigenvalue weighted by atomic mass is 10.1. The maximum absolute atomic E-state index is 13.4. The van der Waals surface area contributed by atoms with Crippen LogP contribution in [0.4, 0.5) is 4.39 Å². The number of nitrogens with zero attached hydrogens (tertiary/aromatic N) is 3. The van der Waals surface area contributed by atoms with Gasteiger partial charge < -0.3 is 0 Å². The highest BCUT2D eigenvalue weighted by atomic mass is 19.1. The molecule has 94 valence electrons. The highest BCUT2D eigenvalue weighted by molar-refractivity contribution is 5.87. The SMILES string of the molecule is Cc1c2c(nc3c1cnn3C)-c1cc(F)ccc1C2. The molecule has 0 fully saturated rings. The van der Waals surface area contributed by atoms with Gasteiger partial charge in [-0.25, -0.2) is 9.37 Å². The van der Waals surface area contributed by atoms with Gasteiger partial charge in [0.15, 0.2) is 5.65 Å². The zero-order valence-corrected chi connectivity index (χ0v) is 10.7. The lowest BCUT2D eigenvalue weighted by Gasteiger charge is -2.05. The molecule has 0 bridgehead atoms. The van der Waals surface area contributed by atoms with E-state index in [0.717, 1.165) is 34.3 Å². The van der Waals surface area contributed by atoms with Crippen LogP contribution in [0.3, 0.4) is 0 Å². The predicted octanol–water partition coefficient (Wildman–Crippen LogP) is 2.99. The van der Waals surface area contributed by atoms with Crippen LogP contribution >= 0.6 is 0 Å². The third-order valence-electron chi connectivity index (χ3n) is 3.96. The van der Waals surface area contributed by atoms with E-state index in [2.05, 4.69) is 12.0 Å². The Bertz CT molecular complexity index is 833. The first-order chi connectivity index (χ1) is 9.15. The Balaban J connectivity index is 2.12. The molecule has 19 heavy (non-hydrogen) atoms. The second-order valence-corrected chi connectivity index (χ2v) is 5.05. The molecule has 0 atom stereocenters. The molecular formula is C15H12FN3. The average Bonchev–Trinajstić information content (AvgIpc) is 2.93. The van der Waals surface area contributed by atoms with Crippen molar-refractivity contribution in [2.75, 3.05) is 0 Å². The van der Waals surface area contributed by atoms with Crippen molar-refractivity contribution in [3.8, 4) is 11.3 Å². The molecule has 1 aliphatic carbocycles. The molecule has 0 unspecified atom stereocenters. The van der Waals surface area contributed by atoms with Crippen molar-refractivity contribution in [1.82, 2.24) is 14.8 Å². The summed E-state index contributed by atoms with van der Waals surface area (Å²) in [6.45, 7) is 2.09. The first-order valence-electron chi connectivity index (χ1n) is 6.25. The summed E-state index contributed by atoms with van der Waals surface area (Å²) >= 11 is 0. The second kappa shape index (κ2) is 3.41. The Labute approximate surface area is 109 Å². The number of hydrogen-bond acceptors (Lipinski definition) is 2. The number of pyridine rings is 1. The first kappa shape index (κ1) is 10.7. The van der Waals surface area contributed by atoms with Crippen molar-refractivity contribution < 1.29 is 4.39 Å². The lowest BCUT2D eigenvalue weighted by molar-refractivity contribution is 0.628. The van der Waals surface area contributed by atoms with Crippen LogP contribution in [0.15, 0.2) is 24.4 Å². The fourth-order valence-corrected chi connectivity index (χ4v) is 2.89. The third kappa shape index (κ3) is 1.31. The van der Waals surface area contributed by atoms with Gasteiger partial charge in [0.25, 0.3) is 0 Å². The van der Waals surface area contributed by atoms with Gasteiger partial charge >= 0.3 is 0 Å². The van der Waals surface area contributed by atoms with Gasteiger partial charge in [-0.15, -0.1) is 0 Å². The van der Waals surface area contributed by atoms with Gasteiger partial charge in [0.2, 0.25) is 0 Å². The van der Waals surface area contributed by atoms with E-state index in [0.29, 0.717) is 0 Å². The molecule has 0 saturated heterocycles. The number of aromatic nitrogens is 3. The molecule has 4 rings (SSSR count). The van der Waals surface area contributed by atoms with E-state index in [1.54, 1.807) is 10.7 Å².